The molecular weight excluding hydrogens is 304 g/mol. The summed E-state index contributed by atoms with van der Waals surface area (Å²) >= 11 is 7.33. The van der Waals surface area contributed by atoms with Gasteiger partial charge in [0, 0.05) is 11.4 Å². The summed E-state index contributed by atoms with van der Waals surface area (Å²) < 4.78 is 1.13. The number of fused-ring (bicyclic) bond motifs is 1. The fourth-order valence-electron chi connectivity index (χ4n) is 2.00. The second kappa shape index (κ2) is 6.24. The molecule has 1 amide bonds. The number of carbonyl (C=O) groups is 1. The number of aromatic nitrogens is 1. The van der Waals surface area contributed by atoms with Gasteiger partial charge in [-0.3, -0.25) is 4.79 Å². The fourth-order valence-corrected chi connectivity index (χ4v) is 3.08. The van der Waals surface area contributed by atoms with Gasteiger partial charge < -0.3 is 5.32 Å². The summed E-state index contributed by atoms with van der Waals surface area (Å²) in [5, 5.41) is 3.79. The molecule has 1 N–H and O–H groups in total. The number of hydrogen-bond acceptors (Lipinski definition) is 3. The normalized spacial score (nSPS) is 10.7. The highest BCUT2D eigenvalue weighted by Crippen LogP contribution is 2.21. The van der Waals surface area contributed by atoms with E-state index in [-0.39, 0.29) is 5.91 Å². The molecule has 0 unspecified atom stereocenters. The zero-order valence-corrected chi connectivity index (χ0v) is 12.7. The monoisotopic (exact) mass is 316 g/mol. The molecule has 0 saturated heterocycles. The number of rotatable bonds is 4. The standard InChI is InChI=1S/C16H13ClN2OS/c17-9-11-5-7-12(8-6-11)16(20)18-10-15-19-13-3-1-2-4-14(13)21-15/h1-8H,9-10H2,(H,18,20). The maximum atomic E-state index is 12.1. The van der Waals surface area contributed by atoms with Crippen LogP contribution in [0.15, 0.2) is 48.5 Å². The Labute approximate surface area is 131 Å². The molecular formula is C16H13ClN2OS. The number of nitrogens with zero attached hydrogens (tertiary/aromatic N) is 1. The van der Waals surface area contributed by atoms with Gasteiger partial charge >= 0.3 is 0 Å². The largest absolute Gasteiger partial charge is 0.346 e. The molecule has 0 atom stereocenters. The van der Waals surface area contributed by atoms with Gasteiger partial charge in [-0.15, -0.1) is 22.9 Å². The van der Waals surface area contributed by atoms with Crippen LogP contribution < -0.4 is 5.32 Å². The molecule has 0 fully saturated rings. The van der Waals surface area contributed by atoms with Crippen molar-refractivity contribution in [3.05, 3.63) is 64.7 Å². The first-order valence-electron chi connectivity index (χ1n) is 6.54. The topological polar surface area (TPSA) is 42.0 Å². The third-order valence-corrected chi connectivity index (χ3v) is 4.45. The second-order valence-corrected chi connectivity index (χ2v) is 5.97. The van der Waals surface area contributed by atoms with E-state index in [0.29, 0.717) is 18.0 Å². The third kappa shape index (κ3) is 3.23. The van der Waals surface area contributed by atoms with Gasteiger partial charge in [0.2, 0.25) is 0 Å². The Kier molecular flexibility index (Phi) is 4.18. The minimum Gasteiger partial charge on any atom is -0.346 e. The quantitative estimate of drug-likeness (QED) is 0.740. The van der Waals surface area contributed by atoms with E-state index in [4.69, 9.17) is 11.6 Å². The molecule has 0 saturated carbocycles. The number of alkyl halides is 1. The van der Waals surface area contributed by atoms with E-state index in [1.165, 1.54) is 0 Å². The number of hydrogen-bond donors (Lipinski definition) is 1. The number of para-hydroxylation sites is 1. The SMILES string of the molecule is O=C(NCc1nc2ccccc2s1)c1ccc(CCl)cc1. The maximum Gasteiger partial charge on any atom is 0.251 e. The zero-order valence-electron chi connectivity index (χ0n) is 11.2. The highest BCUT2D eigenvalue weighted by Gasteiger charge is 2.07. The van der Waals surface area contributed by atoms with Crippen molar-refractivity contribution in [3.8, 4) is 0 Å². The van der Waals surface area contributed by atoms with Gasteiger partial charge in [-0.1, -0.05) is 24.3 Å². The molecule has 1 aromatic heterocycles. The van der Waals surface area contributed by atoms with Crippen LogP contribution in [0.25, 0.3) is 10.2 Å². The van der Waals surface area contributed by atoms with E-state index < -0.39 is 0 Å². The van der Waals surface area contributed by atoms with Crippen molar-refractivity contribution in [2.45, 2.75) is 12.4 Å². The lowest BCUT2D eigenvalue weighted by atomic mass is 10.1. The second-order valence-electron chi connectivity index (χ2n) is 4.59. The highest BCUT2D eigenvalue weighted by molar-refractivity contribution is 7.18. The lowest BCUT2D eigenvalue weighted by molar-refractivity contribution is 0.0951. The van der Waals surface area contributed by atoms with Crippen LogP contribution >= 0.6 is 22.9 Å². The molecule has 3 nitrogen and oxygen atoms in total. The number of carbonyl (C=O) groups excluding carboxylic acids is 1. The van der Waals surface area contributed by atoms with Crippen molar-refractivity contribution in [1.82, 2.24) is 10.3 Å². The molecule has 3 rings (SSSR count). The summed E-state index contributed by atoms with van der Waals surface area (Å²) in [6, 6.07) is 15.2. The summed E-state index contributed by atoms with van der Waals surface area (Å²) in [5.41, 5.74) is 2.60. The predicted molar refractivity (Wildman–Crippen MR) is 86.8 cm³/mol. The van der Waals surface area contributed by atoms with Crippen LogP contribution in [0.4, 0.5) is 0 Å². The average Bonchev–Trinajstić information content (AvgIpc) is 2.95. The minimum absolute atomic E-state index is 0.102. The summed E-state index contributed by atoms with van der Waals surface area (Å²) in [5.74, 6) is 0.350. The van der Waals surface area contributed by atoms with E-state index >= 15 is 0 Å². The van der Waals surface area contributed by atoms with Crippen molar-refractivity contribution in [1.29, 1.82) is 0 Å². The number of amides is 1. The van der Waals surface area contributed by atoms with Crippen molar-refractivity contribution >= 4 is 39.1 Å². The molecule has 2 aromatic carbocycles. The Balaban J connectivity index is 1.67. The van der Waals surface area contributed by atoms with Crippen LogP contribution in [0.3, 0.4) is 0 Å². The van der Waals surface area contributed by atoms with Gasteiger partial charge in [0.15, 0.2) is 0 Å². The van der Waals surface area contributed by atoms with Crippen LogP contribution in [-0.2, 0) is 12.4 Å². The molecule has 3 aromatic rings. The van der Waals surface area contributed by atoms with Crippen molar-refractivity contribution < 1.29 is 4.79 Å². The molecule has 0 aliphatic heterocycles. The maximum absolute atomic E-state index is 12.1. The van der Waals surface area contributed by atoms with Gasteiger partial charge in [-0.25, -0.2) is 4.98 Å². The predicted octanol–water partition coefficient (Wildman–Crippen LogP) is 3.97. The third-order valence-electron chi connectivity index (χ3n) is 3.11. The van der Waals surface area contributed by atoms with Crippen LogP contribution in [0, 0.1) is 0 Å². The summed E-state index contributed by atoms with van der Waals surface area (Å²) in [6.07, 6.45) is 0. The smallest absolute Gasteiger partial charge is 0.251 e. The molecule has 0 aliphatic rings. The molecule has 21 heavy (non-hydrogen) atoms. The van der Waals surface area contributed by atoms with Crippen LogP contribution in [-0.4, -0.2) is 10.9 Å². The number of benzene rings is 2. The van der Waals surface area contributed by atoms with Crippen LogP contribution in [0.2, 0.25) is 0 Å². The van der Waals surface area contributed by atoms with Crippen LogP contribution in [0.1, 0.15) is 20.9 Å². The Morgan fingerprint density at radius 3 is 2.62 bits per heavy atom. The lowest BCUT2D eigenvalue weighted by Crippen LogP contribution is -2.22. The zero-order chi connectivity index (χ0) is 14.7. The Morgan fingerprint density at radius 1 is 1.14 bits per heavy atom. The van der Waals surface area contributed by atoms with Crippen molar-refractivity contribution in [3.63, 3.8) is 0 Å². The van der Waals surface area contributed by atoms with Gasteiger partial charge in [0.05, 0.1) is 16.8 Å². The average molecular weight is 317 g/mol. The summed E-state index contributed by atoms with van der Waals surface area (Å²) in [4.78, 5) is 16.6. The minimum atomic E-state index is -0.102. The Bertz CT molecular complexity index is 734. The lowest BCUT2D eigenvalue weighted by Gasteiger charge is -2.03. The number of halogens is 1. The molecule has 0 spiro atoms. The molecule has 1 heterocycles. The molecule has 0 radical (unpaired) electrons. The van der Waals surface area contributed by atoms with Gasteiger partial charge in [0.25, 0.3) is 5.91 Å². The fraction of sp³-hybridized carbons (Fsp3) is 0.125. The van der Waals surface area contributed by atoms with E-state index in [9.17, 15) is 4.79 Å². The first-order valence-corrected chi connectivity index (χ1v) is 7.89. The first-order chi connectivity index (χ1) is 10.3. The van der Waals surface area contributed by atoms with Crippen LogP contribution in [0.5, 0.6) is 0 Å². The molecule has 0 aliphatic carbocycles. The van der Waals surface area contributed by atoms with E-state index in [1.54, 1.807) is 23.5 Å². The van der Waals surface area contributed by atoms with Crippen molar-refractivity contribution in [2.24, 2.45) is 0 Å². The van der Waals surface area contributed by atoms with E-state index in [2.05, 4.69) is 10.3 Å². The van der Waals surface area contributed by atoms with Crippen molar-refractivity contribution in [2.75, 3.05) is 0 Å². The number of thiazole rings is 1. The van der Waals surface area contributed by atoms with E-state index in [1.807, 2.05) is 36.4 Å². The Hall–Kier alpha value is -1.91. The molecule has 106 valence electrons. The summed E-state index contributed by atoms with van der Waals surface area (Å²) in [6.45, 7) is 0.440. The number of nitrogens with one attached hydrogen (secondary N) is 1. The van der Waals surface area contributed by atoms with Gasteiger partial charge in [-0.05, 0) is 29.8 Å². The molecule has 0 bridgehead atoms. The summed E-state index contributed by atoms with van der Waals surface area (Å²) in [7, 11) is 0. The van der Waals surface area contributed by atoms with Gasteiger partial charge in [-0.2, -0.15) is 0 Å². The Morgan fingerprint density at radius 2 is 1.90 bits per heavy atom. The van der Waals surface area contributed by atoms with Gasteiger partial charge in [0.1, 0.15) is 5.01 Å². The van der Waals surface area contributed by atoms with E-state index in [0.717, 1.165) is 20.8 Å². The first kappa shape index (κ1) is 14.0. The molecule has 5 heteroatoms. The highest BCUT2D eigenvalue weighted by atomic mass is 35.5.